The number of benzene rings is 2. The molecule has 1 saturated heterocycles. The van der Waals surface area contributed by atoms with Crippen molar-refractivity contribution >= 4 is 17.8 Å². The van der Waals surface area contributed by atoms with Crippen LogP contribution < -0.4 is 4.74 Å². The Labute approximate surface area is 182 Å². The Kier molecular flexibility index (Phi) is 5.83. The standard InChI is InChI=1S/C25H27NO5/c1-15-10-16(2)13-26(12-15)14-20-21(27)9-8-19-23(28)22(31-24(19)20)11-17-4-6-18(7-5-17)25(29)30-3/h4-9,11,15-16,27H,10,12-14H2,1-3H3/b22-11-/t15-,16-/m1/s1. The summed E-state index contributed by atoms with van der Waals surface area (Å²) < 4.78 is 10.7. The molecule has 2 aromatic rings. The monoisotopic (exact) mass is 421 g/mol. The van der Waals surface area contributed by atoms with E-state index in [4.69, 9.17) is 9.47 Å². The van der Waals surface area contributed by atoms with Crippen LogP contribution in [0.15, 0.2) is 42.2 Å². The summed E-state index contributed by atoms with van der Waals surface area (Å²) in [6.45, 7) is 6.93. The van der Waals surface area contributed by atoms with Crippen molar-refractivity contribution in [3.63, 3.8) is 0 Å². The topological polar surface area (TPSA) is 76.1 Å². The molecule has 2 heterocycles. The summed E-state index contributed by atoms with van der Waals surface area (Å²) in [5.74, 6) is 1.33. The molecule has 0 saturated carbocycles. The number of carbonyl (C=O) groups is 2. The highest BCUT2D eigenvalue weighted by Gasteiger charge is 2.32. The van der Waals surface area contributed by atoms with Crippen LogP contribution in [-0.2, 0) is 11.3 Å². The molecule has 0 unspecified atom stereocenters. The third-order valence-corrected chi connectivity index (χ3v) is 5.87. The molecule has 0 radical (unpaired) electrons. The summed E-state index contributed by atoms with van der Waals surface area (Å²) in [7, 11) is 1.33. The fraction of sp³-hybridized carbons (Fsp3) is 0.360. The maximum absolute atomic E-state index is 12.9. The van der Waals surface area contributed by atoms with Crippen molar-refractivity contribution in [1.82, 2.24) is 4.90 Å². The van der Waals surface area contributed by atoms with E-state index >= 15 is 0 Å². The van der Waals surface area contributed by atoms with E-state index in [-0.39, 0.29) is 17.3 Å². The third kappa shape index (κ3) is 4.35. The maximum Gasteiger partial charge on any atom is 0.337 e. The SMILES string of the molecule is COC(=O)c1ccc(/C=C2\Oc3c(ccc(O)c3CN3C[C@H](C)C[C@@H](C)C3)C2=O)cc1. The van der Waals surface area contributed by atoms with Gasteiger partial charge >= 0.3 is 5.97 Å². The Bertz CT molecular complexity index is 1030. The second kappa shape index (κ2) is 8.55. The van der Waals surface area contributed by atoms with Crippen molar-refractivity contribution in [2.24, 2.45) is 11.8 Å². The Hall–Kier alpha value is -3.12. The van der Waals surface area contributed by atoms with Crippen molar-refractivity contribution in [3.05, 3.63) is 64.4 Å². The van der Waals surface area contributed by atoms with Crippen LogP contribution in [0.25, 0.3) is 6.08 Å². The first-order valence-electron chi connectivity index (χ1n) is 10.6. The van der Waals surface area contributed by atoms with Gasteiger partial charge in [0.2, 0.25) is 5.78 Å². The highest BCUT2D eigenvalue weighted by atomic mass is 16.5. The number of phenolic OH excluding ortho intramolecular Hbond substituents is 1. The number of rotatable bonds is 4. The molecule has 2 aliphatic rings. The summed E-state index contributed by atoms with van der Waals surface area (Å²) in [6, 6.07) is 9.92. The van der Waals surface area contributed by atoms with Crippen LogP contribution >= 0.6 is 0 Å². The van der Waals surface area contributed by atoms with Gasteiger partial charge in [0, 0.05) is 19.6 Å². The molecule has 2 atom stereocenters. The quantitative estimate of drug-likeness (QED) is 0.587. The van der Waals surface area contributed by atoms with Crippen LogP contribution in [-0.4, -0.2) is 42.0 Å². The van der Waals surface area contributed by atoms with E-state index in [1.54, 1.807) is 42.5 Å². The Morgan fingerprint density at radius 2 is 1.84 bits per heavy atom. The lowest BCUT2D eigenvalue weighted by Crippen LogP contribution is -2.38. The van der Waals surface area contributed by atoms with Gasteiger partial charge in [-0.15, -0.1) is 0 Å². The number of allylic oxidation sites excluding steroid dienone is 1. The first-order chi connectivity index (χ1) is 14.9. The molecule has 2 aliphatic heterocycles. The summed E-state index contributed by atoms with van der Waals surface area (Å²) in [5, 5.41) is 10.5. The van der Waals surface area contributed by atoms with Crippen LogP contribution in [0.3, 0.4) is 0 Å². The molecular weight excluding hydrogens is 394 g/mol. The van der Waals surface area contributed by atoms with E-state index in [1.807, 2.05) is 0 Å². The number of fused-ring (bicyclic) bond motifs is 1. The number of ketones is 1. The number of esters is 1. The first kappa shape index (κ1) is 21.1. The number of nitrogens with zero attached hydrogens (tertiary/aromatic N) is 1. The molecule has 0 amide bonds. The van der Waals surface area contributed by atoms with Crippen LogP contribution in [0.4, 0.5) is 0 Å². The molecule has 1 fully saturated rings. The Morgan fingerprint density at radius 3 is 2.48 bits per heavy atom. The van der Waals surface area contributed by atoms with Crippen molar-refractivity contribution in [3.8, 4) is 11.5 Å². The number of piperidine rings is 1. The third-order valence-electron chi connectivity index (χ3n) is 5.87. The van der Waals surface area contributed by atoms with Gasteiger partial charge in [0.1, 0.15) is 11.5 Å². The number of methoxy groups -OCH3 is 1. The molecule has 0 bridgehead atoms. The lowest BCUT2D eigenvalue weighted by Gasteiger charge is -2.35. The molecule has 162 valence electrons. The minimum absolute atomic E-state index is 0.140. The van der Waals surface area contributed by atoms with Crippen molar-refractivity contribution in [2.75, 3.05) is 20.2 Å². The van der Waals surface area contributed by atoms with Crippen LogP contribution in [0.5, 0.6) is 11.5 Å². The molecule has 4 rings (SSSR count). The van der Waals surface area contributed by atoms with Gasteiger partial charge in [0.25, 0.3) is 0 Å². The maximum atomic E-state index is 12.9. The van der Waals surface area contributed by atoms with Crippen molar-refractivity contribution in [1.29, 1.82) is 0 Å². The van der Waals surface area contributed by atoms with E-state index in [0.29, 0.717) is 40.8 Å². The van der Waals surface area contributed by atoms with E-state index < -0.39 is 5.97 Å². The first-order valence-corrected chi connectivity index (χ1v) is 10.6. The van der Waals surface area contributed by atoms with E-state index in [2.05, 4.69) is 18.7 Å². The van der Waals surface area contributed by atoms with Gasteiger partial charge in [-0.25, -0.2) is 4.79 Å². The molecule has 0 spiro atoms. The summed E-state index contributed by atoms with van der Waals surface area (Å²) in [5.41, 5.74) is 2.27. The highest BCUT2D eigenvalue weighted by molar-refractivity contribution is 6.15. The average Bonchev–Trinajstić information content (AvgIpc) is 3.05. The number of hydrogen-bond acceptors (Lipinski definition) is 6. The number of Topliss-reactive ketones (excluding diaryl/α,β-unsaturated/α-hetero) is 1. The van der Waals surface area contributed by atoms with Crippen LogP contribution in [0.1, 0.15) is 52.1 Å². The lowest BCUT2D eigenvalue weighted by molar-refractivity contribution is 0.0600. The normalized spacial score (nSPS) is 22.3. The smallest absolute Gasteiger partial charge is 0.337 e. The minimum atomic E-state index is -0.415. The largest absolute Gasteiger partial charge is 0.507 e. The van der Waals surface area contributed by atoms with Gasteiger partial charge < -0.3 is 14.6 Å². The fourth-order valence-corrected chi connectivity index (χ4v) is 4.58. The molecule has 1 N–H and O–H groups in total. The van der Waals surface area contributed by atoms with Gasteiger partial charge in [-0.05, 0) is 54.2 Å². The lowest BCUT2D eigenvalue weighted by atomic mass is 9.91. The molecule has 0 aliphatic carbocycles. The molecule has 6 heteroatoms. The van der Waals surface area contributed by atoms with Crippen LogP contribution in [0.2, 0.25) is 0 Å². The fourth-order valence-electron chi connectivity index (χ4n) is 4.58. The predicted molar refractivity (Wildman–Crippen MR) is 117 cm³/mol. The van der Waals surface area contributed by atoms with E-state index in [0.717, 1.165) is 18.7 Å². The number of phenols is 1. The van der Waals surface area contributed by atoms with Crippen molar-refractivity contribution in [2.45, 2.75) is 26.8 Å². The van der Waals surface area contributed by atoms with E-state index in [9.17, 15) is 14.7 Å². The Balaban J connectivity index is 1.59. The van der Waals surface area contributed by atoms with Gasteiger partial charge in [-0.3, -0.25) is 9.69 Å². The highest BCUT2D eigenvalue weighted by Crippen LogP contribution is 2.40. The zero-order valence-corrected chi connectivity index (χ0v) is 18.1. The molecular formula is C25H27NO5. The minimum Gasteiger partial charge on any atom is -0.507 e. The van der Waals surface area contributed by atoms with Crippen LogP contribution in [0, 0.1) is 11.8 Å². The number of aromatic hydroxyl groups is 1. The number of likely N-dealkylation sites (tertiary alicyclic amines) is 1. The molecule has 0 aromatic heterocycles. The average molecular weight is 421 g/mol. The zero-order valence-electron chi connectivity index (χ0n) is 18.1. The molecule has 6 nitrogen and oxygen atoms in total. The Morgan fingerprint density at radius 1 is 1.16 bits per heavy atom. The van der Waals surface area contributed by atoms with Gasteiger partial charge in [-0.1, -0.05) is 26.0 Å². The number of ether oxygens (including phenoxy) is 2. The molecule has 2 aromatic carbocycles. The van der Waals surface area contributed by atoms with E-state index in [1.165, 1.54) is 13.5 Å². The summed E-state index contributed by atoms with van der Waals surface area (Å²) in [6.07, 6.45) is 2.85. The molecule has 31 heavy (non-hydrogen) atoms. The second-order valence-corrected chi connectivity index (χ2v) is 8.63. The zero-order chi connectivity index (χ0) is 22.1. The number of carbonyl (C=O) groups excluding carboxylic acids is 2. The van der Waals surface area contributed by atoms with Gasteiger partial charge in [-0.2, -0.15) is 0 Å². The summed E-state index contributed by atoms with van der Waals surface area (Å²) >= 11 is 0. The van der Waals surface area contributed by atoms with Crippen molar-refractivity contribution < 1.29 is 24.2 Å². The predicted octanol–water partition coefficient (Wildman–Crippen LogP) is 4.27. The number of hydrogen-bond donors (Lipinski definition) is 1. The van der Waals surface area contributed by atoms with Gasteiger partial charge in [0.05, 0.1) is 23.8 Å². The van der Waals surface area contributed by atoms with Gasteiger partial charge in [0.15, 0.2) is 5.76 Å². The summed E-state index contributed by atoms with van der Waals surface area (Å²) in [4.78, 5) is 26.8. The second-order valence-electron chi connectivity index (χ2n) is 8.63.